The van der Waals surface area contributed by atoms with E-state index in [1.165, 1.54) is 17.0 Å². The van der Waals surface area contributed by atoms with Crippen LogP contribution in [0.15, 0.2) is 30.5 Å². The summed E-state index contributed by atoms with van der Waals surface area (Å²) >= 11 is 0. The minimum atomic E-state index is -1.13. The average molecular weight is 528 g/mol. The van der Waals surface area contributed by atoms with Gasteiger partial charge in [0.15, 0.2) is 0 Å². The topological polar surface area (TPSA) is 121 Å². The van der Waals surface area contributed by atoms with Crippen LogP contribution in [0.25, 0.3) is 0 Å². The quantitative estimate of drug-likeness (QED) is 0.531. The average Bonchev–Trinajstić information content (AvgIpc) is 3.46. The normalized spacial score (nSPS) is 28.8. The van der Waals surface area contributed by atoms with Gasteiger partial charge < -0.3 is 20.4 Å². The van der Waals surface area contributed by atoms with Crippen molar-refractivity contribution < 1.29 is 24.2 Å². The number of aliphatic hydroxyl groups excluding tert-OH is 1. The van der Waals surface area contributed by atoms with E-state index in [0.29, 0.717) is 37.2 Å². The summed E-state index contributed by atoms with van der Waals surface area (Å²) in [5.74, 6) is -0.550. The van der Waals surface area contributed by atoms with Crippen molar-refractivity contribution in [1.82, 2.24) is 25.2 Å². The van der Waals surface area contributed by atoms with Gasteiger partial charge in [0.2, 0.25) is 11.8 Å². The van der Waals surface area contributed by atoms with Crippen molar-refractivity contribution in [3.63, 3.8) is 0 Å². The van der Waals surface area contributed by atoms with Gasteiger partial charge in [-0.1, -0.05) is 38.1 Å². The van der Waals surface area contributed by atoms with Crippen LogP contribution in [-0.4, -0.2) is 66.7 Å². The summed E-state index contributed by atoms with van der Waals surface area (Å²) in [6.45, 7) is 5.95. The first-order valence-corrected chi connectivity index (χ1v) is 13.6. The van der Waals surface area contributed by atoms with Crippen molar-refractivity contribution in [2.75, 3.05) is 6.54 Å². The summed E-state index contributed by atoms with van der Waals surface area (Å²) in [7, 11) is 0. The number of carbonyl (C=O) groups is 2. The van der Waals surface area contributed by atoms with Gasteiger partial charge in [-0.25, -0.2) is 9.07 Å². The molecule has 9 nitrogen and oxygen atoms in total. The molecular weight excluding hydrogens is 489 g/mol. The number of β-amino-alcohol motifs (C(OH)–C–C–N with tert-alkyl or cyclic N) is 1. The number of hydrogen-bond acceptors (Lipinski definition) is 6. The van der Waals surface area contributed by atoms with E-state index in [9.17, 15) is 24.2 Å². The second kappa shape index (κ2) is 10.0. The number of hydrogen-bond donors (Lipinski definition) is 3. The lowest BCUT2D eigenvalue weighted by molar-refractivity contribution is -0.144. The number of rotatable bonds is 6. The number of carbonyl (C=O) groups excluding carboxylic acids is 2. The van der Waals surface area contributed by atoms with E-state index in [1.54, 1.807) is 16.8 Å². The van der Waals surface area contributed by atoms with Gasteiger partial charge in [-0.3, -0.25) is 9.59 Å². The molecule has 3 atom stereocenters. The summed E-state index contributed by atoms with van der Waals surface area (Å²) in [6, 6.07) is 4.37. The van der Waals surface area contributed by atoms with Crippen molar-refractivity contribution >= 4 is 11.8 Å². The maximum Gasteiger partial charge on any atom is 0.248 e. The van der Waals surface area contributed by atoms with Gasteiger partial charge >= 0.3 is 0 Å². The smallest absolute Gasteiger partial charge is 0.248 e. The number of halogens is 1. The van der Waals surface area contributed by atoms with Gasteiger partial charge in [-0.05, 0) is 61.6 Å². The van der Waals surface area contributed by atoms with E-state index in [2.05, 4.69) is 15.6 Å². The predicted molar refractivity (Wildman–Crippen MR) is 137 cm³/mol. The van der Waals surface area contributed by atoms with Crippen LogP contribution in [0.3, 0.4) is 0 Å². The van der Waals surface area contributed by atoms with Crippen molar-refractivity contribution in [3.8, 4) is 0 Å². The van der Waals surface area contributed by atoms with Crippen LogP contribution >= 0.6 is 0 Å². The van der Waals surface area contributed by atoms with Crippen LogP contribution in [0.4, 0.5) is 4.39 Å². The Hall–Kier alpha value is -2.85. The molecule has 206 valence electrons. The molecule has 2 aromatic rings. The Bertz CT molecular complexity index is 1180. The number of nitrogens with one attached hydrogen (secondary N) is 1. The van der Waals surface area contributed by atoms with Gasteiger partial charge in [-0.15, -0.1) is 5.10 Å². The van der Waals surface area contributed by atoms with Crippen LogP contribution in [0.5, 0.6) is 0 Å². The molecule has 38 heavy (non-hydrogen) atoms. The molecule has 5 rings (SSSR count). The summed E-state index contributed by atoms with van der Waals surface area (Å²) < 4.78 is 15.3. The van der Waals surface area contributed by atoms with E-state index < -0.39 is 29.2 Å². The molecule has 0 radical (unpaired) electrons. The largest absolute Gasteiger partial charge is 0.391 e. The minimum Gasteiger partial charge on any atom is -0.391 e. The van der Waals surface area contributed by atoms with Gasteiger partial charge in [0.05, 0.1) is 17.4 Å². The number of likely N-dealkylation sites (tertiary alicyclic amines) is 1. The second-order valence-electron chi connectivity index (χ2n) is 12.4. The van der Waals surface area contributed by atoms with Crippen molar-refractivity contribution in [1.29, 1.82) is 0 Å². The Morgan fingerprint density at radius 3 is 2.53 bits per heavy atom. The van der Waals surface area contributed by atoms with Crippen LogP contribution < -0.4 is 5.32 Å². The molecule has 1 aromatic heterocycles. The molecule has 3 N–H and O–H groups in total. The molecule has 2 aliphatic carbocycles. The highest BCUT2D eigenvalue weighted by Crippen LogP contribution is 2.41. The van der Waals surface area contributed by atoms with Gasteiger partial charge in [0.25, 0.3) is 0 Å². The Labute approximate surface area is 222 Å². The van der Waals surface area contributed by atoms with E-state index in [1.807, 2.05) is 27.0 Å². The van der Waals surface area contributed by atoms with Crippen molar-refractivity contribution in [2.45, 2.75) is 101 Å². The van der Waals surface area contributed by atoms with E-state index in [0.717, 1.165) is 18.5 Å². The molecule has 1 aromatic carbocycles. The first kappa shape index (κ1) is 26.7. The molecule has 2 heterocycles. The Balaban J connectivity index is 1.26. The van der Waals surface area contributed by atoms with Crippen LogP contribution in [0, 0.1) is 11.2 Å². The van der Waals surface area contributed by atoms with Gasteiger partial charge in [-0.2, -0.15) is 0 Å². The zero-order valence-corrected chi connectivity index (χ0v) is 22.3. The zero-order chi connectivity index (χ0) is 27.2. The third-order valence-electron chi connectivity index (χ3n) is 8.23. The van der Waals surface area contributed by atoms with E-state index in [4.69, 9.17) is 0 Å². The third-order valence-corrected chi connectivity index (χ3v) is 8.23. The maximum absolute atomic E-state index is 13.9. The number of benzene rings is 1. The number of aliphatic hydroxyl groups is 2. The first-order chi connectivity index (χ1) is 17.9. The second-order valence-corrected chi connectivity index (χ2v) is 12.4. The lowest BCUT2D eigenvalue weighted by atomic mass is 9.77. The minimum absolute atomic E-state index is 0.0810. The highest BCUT2D eigenvalue weighted by atomic mass is 19.1. The monoisotopic (exact) mass is 527 g/mol. The van der Waals surface area contributed by atoms with Crippen molar-refractivity contribution in [2.24, 2.45) is 5.41 Å². The molecule has 0 bridgehead atoms. The summed E-state index contributed by atoms with van der Waals surface area (Å²) in [5.41, 5.74) is -0.195. The summed E-state index contributed by atoms with van der Waals surface area (Å²) in [4.78, 5) is 28.8. The van der Waals surface area contributed by atoms with E-state index >= 15 is 0 Å². The molecule has 2 saturated carbocycles. The number of aromatic nitrogens is 3. The maximum atomic E-state index is 13.9. The first-order valence-electron chi connectivity index (χ1n) is 13.6. The Morgan fingerprint density at radius 2 is 1.89 bits per heavy atom. The van der Waals surface area contributed by atoms with Crippen LogP contribution in [0.2, 0.25) is 0 Å². The molecular formula is C28H38FN5O4. The third kappa shape index (κ3) is 5.47. The molecule has 0 spiro atoms. The standard InChI is InChI=1S/C28H38FN5O4/c1-27(2,3)24(34-16-22(31-32-34)17-7-8-17)26(37)33-15-21(35)14-23(33)25(36)30-20-9-11-28(38,12-10-20)18-5-4-6-19(29)13-18/h4-6,13,16-17,20-21,23-24,35,38H,7-12,14-15H2,1-3H3,(H,30,36)/t20?,21?,23?,24-,28?/m1/s1. The number of nitrogens with zero attached hydrogens (tertiary/aromatic N) is 4. The zero-order valence-electron chi connectivity index (χ0n) is 22.3. The molecule has 3 fully saturated rings. The molecule has 2 amide bonds. The lowest BCUT2D eigenvalue weighted by Crippen LogP contribution is -2.52. The summed E-state index contributed by atoms with van der Waals surface area (Å²) in [6.07, 6.45) is 5.19. The van der Waals surface area contributed by atoms with Gasteiger partial charge in [0, 0.05) is 31.1 Å². The molecule has 2 unspecified atom stereocenters. The highest BCUT2D eigenvalue weighted by molar-refractivity contribution is 5.90. The Morgan fingerprint density at radius 1 is 1.18 bits per heavy atom. The molecule has 1 saturated heterocycles. The number of amides is 2. The molecule has 1 aliphatic heterocycles. The van der Waals surface area contributed by atoms with Crippen LogP contribution in [0.1, 0.15) is 88.9 Å². The summed E-state index contributed by atoms with van der Waals surface area (Å²) in [5, 5.41) is 33.1. The molecule has 10 heteroatoms. The van der Waals surface area contributed by atoms with Gasteiger partial charge in [0.1, 0.15) is 17.9 Å². The molecule has 3 aliphatic rings. The highest BCUT2D eigenvalue weighted by Gasteiger charge is 2.46. The predicted octanol–water partition coefficient (Wildman–Crippen LogP) is 2.79. The van der Waals surface area contributed by atoms with E-state index in [-0.39, 0.29) is 36.6 Å². The van der Waals surface area contributed by atoms with Crippen LogP contribution in [-0.2, 0) is 15.2 Å². The fourth-order valence-electron chi connectivity index (χ4n) is 5.93. The fourth-order valence-corrected chi connectivity index (χ4v) is 5.93. The lowest BCUT2D eigenvalue weighted by Gasteiger charge is -2.38. The Kier molecular flexibility index (Phi) is 7.06. The SMILES string of the molecule is CC(C)(C)[C@@H](C(=O)N1CC(O)CC1C(=O)NC1CCC(O)(c2cccc(F)c2)CC1)n1cc(C2CC2)nn1. The van der Waals surface area contributed by atoms with Crippen molar-refractivity contribution in [3.05, 3.63) is 47.5 Å². The fraction of sp³-hybridized carbons (Fsp3) is 0.643.